The van der Waals surface area contributed by atoms with E-state index in [2.05, 4.69) is 0 Å². The minimum absolute atomic E-state index is 0.0185. The zero-order valence-electron chi connectivity index (χ0n) is 14.3. The Balaban J connectivity index is 1.91. The van der Waals surface area contributed by atoms with E-state index in [1.165, 1.54) is 17.0 Å². The molecule has 0 radical (unpaired) electrons. The fourth-order valence-corrected chi connectivity index (χ4v) is 5.60. The van der Waals surface area contributed by atoms with Gasteiger partial charge in [0.1, 0.15) is 5.75 Å². The number of sulfone groups is 1. The predicted molar refractivity (Wildman–Crippen MR) is 91.9 cm³/mol. The monoisotopic (exact) mass is 366 g/mol. The van der Waals surface area contributed by atoms with Gasteiger partial charge in [-0.2, -0.15) is 0 Å². The number of fused-ring (bicyclic) bond motifs is 1. The second kappa shape index (κ2) is 6.33. The highest BCUT2D eigenvalue weighted by Gasteiger charge is 2.49. The smallest absolute Gasteiger partial charge is 0.254 e. The van der Waals surface area contributed by atoms with Crippen molar-refractivity contribution in [3.63, 3.8) is 0 Å². The molecule has 2 aliphatic heterocycles. The van der Waals surface area contributed by atoms with Crippen molar-refractivity contribution in [1.82, 2.24) is 9.80 Å². The predicted octanol–water partition coefficient (Wildman–Crippen LogP) is 0.498. The van der Waals surface area contributed by atoms with E-state index in [1.807, 2.05) is 0 Å². The molecule has 0 unspecified atom stereocenters. The molecule has 1 aromatic rings. The van der Waals surface area contributed by atoms with E-state index in [0.717, 1.165) is 0 Å². The van der Waals surface area contributed by atoms with Crippen LogP contribution < -0.4 is 0 Å². The van der Waals surface area contributed by atoms with Crippen LogP contribution in [-0.4, -0.2) is 71.8 Å². The molecule has 1 N–H and O–H groups in total. The molecule has 2 saturated heterocycles. The first kappa shape index (κ1) is 17.7. The summed E-state index contributed by atoms with van der Waals surface area (Å²) in [6.45, 7) is 4.16. The minimum Gasteiger partial charge on any atom is -0.508 e. The largest absolute Gasteiger partial charge is 0.508 e. The van der Waals surface area contributed by atoms with E-state index in [-0.39, 0.29) is 41.5 Å². The van der Waals surface area contributed by atoms with Crippen molar-refractivity contribution in [3.05, 3.63) is 29.8 Å². The minimum atomic E-state index is -3.31. The zero-order valence-corrected chi connectivity index (χ0v) is 15.1. The number of benzene rings is 1. The fraction of sp³-hybridized carbons (Fsp3) is 0.529. The molecule has 2 aliphatic rings. The van der Waals surface area contributed by atoms with E-state index in [1.54, 1.807) is 30.9 Å². The molecule has 2 atom stereocenters. The molecule has 0 aliphatic carbocycles. The maximum atomic E-state index is 12.8. The summed E-state index contributed by atoms with van der Waals surface area (Å²) in [7, 11) is -3.31. The summed E-state index contributed by atoms with van der Waals surface area (Å²) in [6.07, 6.45) is 0. The lowest BCUT2D eigenvalue weighted by Gasteiger charge is -2.44. The lowest BCUT2D eigenvalue weighted by atomic mass is 10.0. The van der Waals surface area contributed by atoms with Gasteiger partial charge >= 0.3 is 0 Å². The number of nitrogens with zero attached hydrogens (tertiary/aromatic N) is 2. The third kappa shape index (κ3) is 3.35. The fourth-order valence-electron chi connectivity index (χ4n) is 3.62. The Hall–Kier alpha value is -2.09. The molecular formula is C17H22N2O5S. The Bertz CT molecular complexity index is 805. The van der Waals surface area contributed by atoms with Crippen LogP contribution in [0.4, 0.5) is 0 Å². The number of hydrogen-bond donors (Lipinski definition) is 1. The molecule has 1 aromatic carbocycles. The summed E-state index contributed by atoms with van der Waals surface area (Å²) < 4.78 is 24.4. The van der Waals surface area contributed by atoms with Gasteiger partial charge in [0.25, 0.3) is 5.91 Å². The van der Waals surface area contributed by atoms with Crippen LogP contribution in [0.2, 0.25) is 0 Å². The number of amides is 2. The highest BCUT2D eigenvalue weighted by Crippen LogP contribution is 2.29. The molecule has 0 saturated carbocycles. The normalized spacial score (nSPS) is 25.1. The van der Waals surface area contributed by atoms with Crippen molar-refractivity contribution in [2.45, 2.75) is 25.9 Å². The molecular weight excluding hydrogens is 344 g/mol. The molecule has 0 spiro atoms. The van der Waals surface area contributed by atoms with E-state index >= 15 is 0 Å². The number of carbonyl (C=O) groups is 2. The zero-order chi connectivity index (χ0) is 18.4. The van der Waals surface area contributed by atoms with Gasteiger partial charge in [0.2, 0.25) is 5.91 Å². The highest BCUT2D eigenvalue weighted by molar-refractivity contribution is 7.91. The molecule has 3 rings (SSSR count). The molecule has 2 heterocycles. The van der Waals surface area contributed by atoms with Crippen molar-refractivity contribution < 1.29 is 23.1 Å². The third-order valence-corrected chi connectivity index (χ3v) is 6.51. The van der Waals surface area contributed by atoms with Gasteiger partial charge < -0.3 is 14.9 Å². The Labute approximate surface area is 147 Å². The number of rotatable bonds is 2. The van der Waals surface area contributed by atoms with Crippen LogP contribution in [0.15, 0.2) is 24.3 Å². The molecule has 25 heavy (non-hydrogen) atoms. The van der Waals surface area contributed by atoms with Crippen LogP contribution in [0.25, 0.3) is 0 Å². The van der Waals surface area contributed by atoms with Gasteiger partial charge in [-0.15, -0.1) is 0 Å². The van der Waals surface area contributed by atoms with Crippen LogP contribution in [0, 0.1) is 5.92 Å². The highest BCUT2D eigenvalue weighted by atomic mass is 32.2. The molecule has 2 amide bonds. The SMILES string of the molecule is CC(C)C(=O)N1CCN(C(=O)c2cccc(O)c2)[C@H]2CS(=O)(=O)C[C@H]21. The van der Waals surface area contributed by atoms with Crippen molar-refractivity contribution >= 4 is 21.7 Å². The summed E-state index contributed by atoms with van der Waals surface area (Å²) in [4.78, 5) is 28.4. The van der Waals surface area contributed by atoms with Gasteiger partial charge in [-0.05, 0) is 18.2 Å². The van der Waals surface area contributed by atoms with Crippen LogP contribution in [0.5, 0.6) is 5.75 Å². The maximum absolute atomic E-state index is 12.8. The van der Waals surface area contributed by atoms with Crippen molar-refractivity contribution in [3.8, 4) is 5.75 Å². The number of phenols is 1. The standard InChI is InChI=1S/C17H22N2O5S/c1-11(2)16(21)18-6-7-19(15-10-25(23,24)9-14(15)18)17(22)12-4-3-5-13(20)8-12/h3-5,8,11,14-15,20H,6-7,9-10H2,1-2H3/t14-,15+/m1/s1. The van der Waals surface area contributed by atoms with Gasteiger partial charge in [0.15, 0.2) is 9.84 Å². The Morgan fingerprint density at radius 1 is 1.12 bits per heavy atom. The first-order valence-corrected chi connectivity index (χ1v) is 10.1. The van der Waals surface area contributed by atoms with E-state index in [4.69, 9.17) is 0 Å². The van der Waals surface area contributed by atoms with Crippen LogP contribution >= 0.6 is 0 Å². The second-order valence-electron chi connectivity index (χ2n) is 6.95. The molecule has 0 bridgehead atoms. The van der Waals surface area contributed by atoms with E-state index in [0.29, 0.717) is 12.1 Å². The quantitative estimate of drug-likeness (QED) is 0.822. The van der Waals surface area contributed by atoms with E-state index < -0.39 is 21.9 Å². The van der Waals surface area contributed by atoms with Crippen LogP contribution in [0.1, 0.15) is 24.2 Å². The lowest BCUT2D eigenvalue weighted by Crippen LogP contribution is -2.62. The van der Waals surface area contributed by atoms with Gasteiger partial charge in [0.05, 0.1) is 23.6 Å². The maximum Gasteiger partial charge on any atom is 0.254 e. The van der Waals surface area contributed by atoms with E-state index in [9.17, 15) is 23.1 Å². The molecule has 136 valence electrons. The molecule has 8 heteroatoms. The average Bonchev–Trinajstić information content (AvgIpc) is 2.87. The lowest BCUT2D eigenvalue weighted by molar-refractivity contribution is -0.139. The number of aromatic hydroxyl groups is 1. The summed E-state index contributed by atoms with van der Waals surface area (Å²) in [5.41, 5.74) is 0.312. The molecule has 2 fully saturated rings. The Morgan fingerprint density at radius 3 is 2.32 bits per heavy atom. The molecule has 0 aromatic heterocycles. The van der Waals surface area contributed by atoms with Crippen LogP contribution in [-0.2, 0) is 14.6 Å². The number of hydrogen-bond acceptors (Lipinski definition) is 5. The molecule has 7 nitrogen and oxygen atoms in total. The van der Waals surface area contributed by atoms with Gasteiger partial charge in [-0.25, -0.2) is 8.42 Å². The first-order valence-electron chi connectivity index (χ1n) is 8.30. The third-order valence-electron chi connectivity index (χ3n) is 4.81. The number of carbonyl (C=O) groups excluding carboxylic acids is 2. The second-order valence-corrected chi connectivity index (χ2v) is 9.10. The summed E-state index contributed by atoms with van der Waals surface area (Å²) >= 11 is 0. The number of piperazine rings is 1. The first-order chi connectivity index (χ1) is 11.7. The topological polar surface area (TPSA) is 95.0 Å². The number of phenolic OH excluding ortho intramolecular Hbond substituents is 1. The Kier molecular flexibility index (Phi) is 4.49. The van der Waals surface area contributed by atoms with Crippen molar-refractivity contribution in [2.24, 2.45) is 5.92 Å². The van der Waals surface area contributed by atoms with Gasteiger partial charge in [0, 0.05) is 24.6 Å². The summed E-state index contributed by atoms with van der Waals surface area (Å²) in [5.74, 6) is -0.895. The Morgan fingerprint density at radius 2 is 1.72 bits per heavy atom. The van der Waals surface area contributed by atoms with Crippen molar-refractivity contribution in [2.75, 3.05) is 24.6 Å². The average molecular weight is 366 g/mol. The van der Waals surface area contributed by atoms with Gasteiger partial charge in [-0.1, -0.05) is 19.9 Å². The summed E-state index contributed by atoms with van der Waals surface area (Å²) in [5, 5.41) is 9.59. The van der Waals surface area contributed by atoms with Gasteiger partial charge in [-0.3, -0.25) is 9.59 Å². The van der Waals surface area contributed by atoms with Crippen LogP contribution in [0.3, 0.4) is 0 Å². The summed E-state index contributed by atoms with van der Waals surface area (Å²) in [6, 6.07) is 4.95. The van der Waals surface area contributed by atoms with Crippen molar-refractivity contribution in [1.29, 1.82) is 0 Å².